The molecule has 2 nitrogen and oxygen atoms in total. The number of rotatable bonds is 6. The third kappa shape index (κ3) is 9.61. The molecule has 0 aliphatic heterocycles. The van der Waals surface area contributed by atoms with Crippen molar-refractivity contribution in [2.75, 3.05) is 0 Å². The van der Waals surface area contributed by atoms with Gasteiger partial charge in [-0.25, -0.2) is 0 Å². The molecule has 2 aliphatic rings. The lowest BCUT2D eigenvalue weighted by atomic mass is 9.75. The molecular formula is C66H53BI2O2. The molecule has 10 aromatic carbocycles. The normalized spacial score (nSPS) is 13.0. The van der Waals surface area contributed by atoms with E-state index in [1.54, 1.807) is 12.1 Å². The topological polar surface area (TPSA) is 40.5 Å². The predicted molar refractivity (Wildman–Crippen MR) is 317 cm³/mol. The quantitative estimate of drug-likeness (QED) is 0.129. The Bertz CT molecular complexity index is 3340. The predicted octanol–water partition coefficient (Wildman–Crippen LogP) is 16.9. The Morgan fingerprint density at radius 2 is 0.563 bits per heavy atom. The molecule has 0 unspecified atom stereocenters. The van der Waals surface area contributed by atoms with Crippen LogP contribution in [0.25, 0.3) is 77.9 Å². The Labute approximate surface area is 446 Å². The van der Waals surface area contributed by atoms with Crippen molar-refractivity contribution in [3.05, 3.63) is 266 Å². The van der Waals surface area contributed by atoms with Crippen molar-refractivity contribution in [2.45, 2.75) is 38.5 Å². The number of hydrogen-bond acceptors (Lipinski definition) is 2. The Morgan fingerprint density at radius 3 is 0.930 bits per heavy atom. The zero-order chi connectivity index (χ0) is 49.3. The van der Waals surface area contributed by atoms with Gasteiger partial charge in [-0.2, -0.15) is 0 Å². The van der Waals surface area contributed by atoms with Gasteiger partial charge in [0.2, 0.25) is 0 Å². The average Bonchev–Trinajstić information content (AvgIpc) is 3.77. The molecule has 10 aromatic rings. The van der Waals surface area contributed by atoms with Gasteiger partial charge in [0.05, 0.1) is 0 Å². The molecule has 2 N–H and O–H groups in total. The van der Waals surface area contributed by atoms with Crippen LogP contribution in [0.5, 0.6) is 0 Å². The summed E-state index contributed by atoms with van der Waals surface area (Å²) in [5, 5.41) is 18.4. The van der Waals surface area contributed by atoms with Gasteiger partial charge in [-0.3, -0.25) is 0 Å². The van der Waals surface area contributed by atoms with Crippen molar-refractivity contribution in [1.82, 2.24) is 0 Å². The van der Waals surface area contributed by atoms with Crippen LogP contribution in [-0.4, -0.2) is 17.2 Å². The van der Waals surface area contributed by atoms with Crippen LogP contribution in [-0.2, 0) is 10.8 Å². The van der Waals surface area contributed by atoms with E-state index in [0.717, 1.165) is 11.1 Å². The fraction of sp³-hybridized carbons (Fsp3) is 0.0909. The van der Waals surface area contributed by atoms with Gasteiger partial charge in [0.25, 0.3) is 0 Å². The minimum Gasteiger partial charge on any atom is -0.423 e. The first kappa shape index (κ1) is 48.3. The van der Waals surface area contributed by atoms with E-state index in [0.29, 0.717) is 5.46 Å². The smallest absolute Gasteiger partial charge is 0.423 e. The van der Waals surface area contributed by atoms with Gasteiger partial charge in [0.15, 0.2) is 0 Å². The monoisotopic (exact) mass is 1140 g/mol. The summed E-state index contributed by atoms with van der Waals surface area (Å²) in [7, 11) is -1.43. The van der Waals surface area contributed by atoms with Gasteiger partial charge >= 0.3 is 7.12 Å². The summed E-state index contributed by atoms with van der Waals surface area (Å²) < 4.78 is 2.63. The lowest BCUT2D eigenvalue weighted by Crippen LogP contribution is -2.31. The molecule has 346 valence electrons. The molecule has 71 heavy (non-hydrogen) atoms. The zero-order valence-corrected chi connectivity index (χ0v) is 44.6. The molecule has 0 amide bonds. The molecule has 0 heterocycles. The molecule has 2 aliphatic carbocycles. The molecule has 0 saturated heterocycles. The van der Waals surface area contributed by atoms with Crippen LogP contribution in [0, 0.1) is 7.14 Å². The van der Waals surface area contributed by atoms with Crippen LogP contribution in [0.1, 0.15) is 49.9 Å². The third-order valence-electron chi connectivity index (χ3n) is 14.2. The fourth-order valence-corrected chi connectivity index (χ4v) is 11.5. The summed E-state index contributed by atoms with van der Waals surface area (Å²) in [5.41, 5.74) is 23.7. The van der Waals surface area contributed by atoms with Crippen LogP contribution in [0.4, 0.5) is 0 Å². The molecule has 0 aromatic heterocycles. The van der Waals surface area contributed by atoms with Crippen LogP contribution < -0.4 is 5.46 Å². The molecule has 5 heteroatoms. The second-order valence-corrected chi connectivity index (χ2v) is 21.8. The van der Waals surface area contributed by atoms with E-state index in [-0.39, 0.29) is 10.8 Å². The maximum Gasteiger partial charge on any atom is 0.489 e. The summed E-state index contributed by atoms with van der Waals surface area (Å²) in [6.45, 7) is 9.39. The number of fused-ring (bicyclic) bond motifs is 6. The Kier molecular flexibility index (Phi) is 13.9. The van der Waals surface area contributed by atoms with Crippen LogP contribution in [0.3, 0.4) is 0 Å². The first-order valence-electron chi connectivity index (χ1n) is 24.1. The SMILES string of the molecule is CC1(C)c2cc(-c3ccccc3-c3ccccc3)ccc2-c2ccc(-c3ccccc3-c3ccccc3)cc21.CC1(C)c2cc(I)ccc2-c2ccc(I)cc21.OB(O)c1ccccc1-c1ccccc1. The van der Waals surface area contributed by atoms with E-state index in [1.807, 2.05) is 42.5 Å². The number of hydrogen-bond donors (Lipinski definition) is 2. The van der Waals surface area contributed by atoms with Gasteiger partial charge in [-0.15, -0.1) is 0 Å². The van der Waals surface area contributed by atoms with Crippen molar-refractivity contribution < 1.29 is 10.0 Å². The lowest BCUT2D eigenvalue weighted by Gasteiger charge is -2.23. The highest BCUT2D eigenvalue weighted by Crippen LogP contribution is 2.52. The maximum absolute atomic E-state index is 9.22. The molecule has 0 spiro atoms. The molecule has 12 rings (SSSR count). The van der Waals surface area contributed by atoms with Gasteiger partial charge < -0.3 is 10.0 Å². The molecule has 0 saturated carbocycles. The summed E-state index contributed by atoms with van der Waals surface area (Å²) in [6.07, 6.45) is 0. The Hall–Kier alpha value is -6.36. The highest BCUT2D eigenvalue weighted by atomic mass is 127. The second kappa shape index (κ2) is 20.4. The van der Waals surface area contributed by atoms with Crippen molar-refractivity contribution in [1.29, 1.82) is 0 Å². The lowest BCUT2D eigenvalue weighted by molar-refractivity contribution is 0.426. The molecule has 0 radical (unpaired) electrons. The van der Waals surface area contributed by atoms with Gasteiger partial charge in [0.1, 0.15) is 0 Å². The van der Waals surface area contributed by atoms with E-state index in [2.05, 4.69) is 255 Å². The number of halogens is 2. The minimum absolute atomic E-state index is 0.0972. The van der Waals surface area contributed by atoms with E-state index >= 15 is 0 Å². The minimum atomic E-state index is -1.43. The first-order chi connectivity index (χ1) is 34.4. The zero-order valence-electron chi connectivity index (χ0n) is 40.2. The van der Waals surface area contributed by atoms with E-state index in [9.17, 15) is 10.0 Å². The number of benzene rings is 10. The van der Waals surface area contributed by atoms with Gasteiger partial charge in [0, 0.05) is 18.0 Å². The van der Waals surface area contributed by atoms with Crippen molar-refractivity contribution in [2.24, 2.45) is 0 Å². The third-order valence-corrected chi connectivity index (χ3v) is 15.6. The Morgan fingerprint density at radius 1 is 0.282 bits per heavy atom. The van der Waals surface area contributed by atoms with Gasteiger partial charge in [-0.05, 0) is 187 Å². The van der Waals surface area contributed by atoms with E-state index in [1.165, 1.54) is 96.2 Å². The van der Waals surface area contributed by atoms with Crippen LogP contribution in [0.2, 0.25) is 0 Å². The average molecular weight is 1140 g/mol. The molecular weight excluding hydrogens is 1090 g/mol. The van der Waals surface area contributed by atoms with Crippen LogP contribution in [0.15, 0.2) is 237 Å². The van der Waals surface area contributed by atoms with Crippen molar-refractivity contribution in [3.63, 3.8) is 0 Å². The largest absolute Gasteiger partial charge is 0.489 e. The van der Waals surface area contributed by atoms with Crippen LogP contribution >= 0.6 is 45.2 Å². The van der Waals surface area contributed by atoms with Gasteiger partial charge in [-0.1, -0.05) is 228 Å². The summed E-state index contributed by atoms with van der Waals surface area (Å²) in [5.74, 6) is 0. The highest BCUT2D eigenvalue weighted by Gasteiger charge is 2.37. The van der Waals surface area contributed by atoms with Crippen molar-refractivity contribution >= 4 is 57.8 Å². The Balaban J connectivity index is 0.000000149. The van der Waals surface area contributed by atoms with E-state index < -0.39 is 7.12 Å². The second-order valence-electron chi connectivity index (χ2n) is 19.3. The summed E-state index contributed by atoms with van der Waals surface area (Å²) in [6, 6.07) is 83.5. The molecule has 0 bridgehead atoms. The highest BCUT2D eigenvalue weighted by molar-refractivity contribution is 14.1. The molecule has 0 atom stereocenters. The summed E-state index contributed by atoms with van der Waals surface area (Å²) >= 11 is 4.79. The maximum atomic E-state index is 9.22. The van der Waals surface area contributed by atoms with E-state index in [4.69, 9.17) is 0 Å². The summed E-state index contributed by atoms with van der Waals surface area (Å²) in [4.78, 5) is 0. The van der Waals surface area contributed by atoms with Crippen molar-refractivity contribution in [3.8, 4) is 77.9 Å². The first-order valence-corrected chi connectivity index (χ1v) is 26.3. The standard InChI is InChI=1S/C39H30.C15H12I2.C12H11BO2/c1-39(2)37-25-29(33-19-11-9-17-31(33)27-13-5-3-6-14-27)21-23-35(37)36-24-22-30(26-38(36)39)34-20-12-10-18-32(34)28-15-7-4-8-16-28;1-15(2)13-7-9(16)3-5-11(13)12-6-4-10(17)8-14(12)15;14-13(15)12-9-5-4-8-11(12)10-6-2-1-3-7-10/h3-26H,1-2H3;3-8H,1-2H3;1-9,14-15H. The molecule has 0 fully saturated rings. The fourth-order valence-electron chi connectivity index (χ4n) is 10.6.